The van der Waals surface area contributed by atoms with Gasteiger partial charge in [-0.2, -0.15) is 0 Å². The molecule has 0 aromatic heterocycles. The Labute approximate surface area is 124 Å². The predicted octanol–water partition coefficient (Wildman–Crippen LogP) is 2.92. The molecule has 1 aromatic carbocycles. The number of rotatable bonds is 3. The number of fused-ring (bicyclic) bond motifs is 1. The Kier molecular flexibility index (Phi) is 3.82. The Bertz CT molecular complexity index is 565. The molecule has 5 heteroatoms. The van der Waals surface area contributed by atoms with Gasteiger partial charge in [0, 0.05) is 12.1 Å². The molecule has 112 valence electrons. The fourth-order valence-electron chi connectivity index (χ4n) is 2.98. The van der Waals surface area contributed by atoms with Crippen LogP contribution in [0.3, 0.4) is 0 Å². The monoisotopic (exact) mass is 288 g/mol. The van der Waals surface area contributed by atoms with E-state index in [1.165, 1.54) is 12.8 Å². The highest BCUT2D eigenvalue weighted by Gasteiger charge is 2.24. The van der Waals surface area contributed by atoms with Crippen molar-refractivity contribution in [1.82, 2.24) is 0 Å². The second kappa shape index (κ2) is 5.76. The van der Waals surface area contributed by atoms with Crippen LogP contribution in [0.25, 0.3) is 0 Å². The number of benzene rings is 1. The molecule has 0 unspecified atom stereocenters. The highest BCUT2D eigenvalue weighted by molar-refractivity contribution is 5.99. The van der Waals surface area contributed by atoms with E-state index in [9.17, 15) is 9.59 Å². The second-order valence-electron chi connectivity index (χ2n) is 5.86. The van der Waals surface area contributed by atoms with Gasteiger partial charge in [-0.3, -0.25) is 9.59 Å². The SMILES string of the molecule is C[C@@H]1Oc2ccc(NC(=O)CC3CCCC3)cc2NC1=O. The molecule has 2 amide bonds. The van der Waals surface area contributed by atoms with Crippen LogP contribution in [0.15, 0.2) is 18.2 Å². The summed E-state index contributed by atoms with van der Waals surface area (Å²) in [5.41, 5.74) is 1.30. The van der Waals surface area contributed by atoms with Crippen molar-refractivity contribution in [1.29, 1.82) is 0 Å². The Balaban J connectivity index is 1.65. The van der Waals surface area contributed by atoms with Crippen LogP contribution in [0.5, 0.6) is 5.75 Å². The van der Waals surface area contributed by atoms with E-state index >= 15 is 0 Å². The maximum atomic E-state index is 12.0. The van der Waals surface area contributed by atoms with Crippen molar-refractivity contribution in [3.8, 4) is 5.75 Å². The van der Waals surface area contributed by atoms with Crippen molar-refractivity contribution in [2.24, 2.45) is 5.92 Å². The predicted molar refractivity (Wildman–Crippen MR) is 80.4 cm³/mol. The summed E-state index contributed by atoms with van der Waals surface area (Å²) >= 11 is 0. The standard InChI is InChI=1S/C16H20N2O3/c1-10-16(20)18-13-9-12(6-7-14(13)21-10)17-15(19)8-11-4-2-3-5-11/h6-7,9-11H,2-5,8H2,1H3,(H,17,19)(H,18,20)/t10-/m0/s1. The topological polar surface area (TPSA) is 67.4 Å². The normalized spacial score (nSPS) is 21.4. The number of ether oxygens (including phenoxy) is 1. The third kappa shape index (κ3) is 3.17. The molecule has 1 saturated carbocycles. The van der Waals surface area contributed by atoms with Crippen molar-refractivity contribution < 1.29 is 14.3 Å². The average Bonchev–Trinajstić information content (AvgIpc) is 2.93. The molecule has 1 aromatic rings. The van der Waals surface area contributed by atoms with Gasteiger partial charge in [0.05, 0.1) is 5.69 Å². The Hall–Kier alpha value is -2.04. The molecule has 0 bridgehead atoms. The van der Waals surface area contributed by atoms with Crippen LogP contribution >= 0.6 is 0 Å². The highest BCUT2D eigenvalue weighted by Crippen LogP contribution is 2.32. The zero-order chi connectivity index (χ0) is 14.8. The largest absolute Gasteiger partial charge is 0.479 e. The van der Waals surface area contributed by atoms with Gasteiger partial charge in [0.15, 0.2) is 6.10 Å². The Morgan fingerprint density at radius 3 is 2.90 bits per heavy atom. The van der Waals surface area contributed by atoms with E-state index in [0.717, 1.165) is 12.8 Å². The van der Waals surface area contributed by atoms with E-state index in [1.807, 2.05) is 0 Å². The van der Waals surface area contributed by atoms with Crippen molar-refractivity contribution in [2.75, 3.05) is 10.6 Å². The summed E-state index contributed by atoms with van der Waals surface area (Å²) in [6.45, 7) is 1.70. The van der Waals surface area contributed by atoms with Gasteiger partial charge in [-0.15, -0.1) is 0 Å². The lowest BCUT2D eigenvalue weighted by Gasteiger charge is -2.23. The molecular weight excluding hydrogens is 268 g/mol. The molecule has 0 spiro atoms. The van der Waals surface area contributed by atoms with Gasteiger partial charge in [-0.25, -0.2) is 0 Å². The van der Waals surface area contributed by atoms with E-state index in [1.54, 1.807) is 25.1 Å². The Morgan fingerprint density at radius 2 is 2.14 bits per heavy atom. The minimum absolute atomic E-state index is 0.0401. The molecule has 5 nitrogen and oxygen atoms in total. The van der Waals surface area contributed by atoms with Gasteiger partial charge in [-0.1, -0.05) is 12.8 Å². The molecule has 2 aliphatic rings. The van der Waals surface area contributed by atoms with Gasteiger partial charge in [0.1, 0.15) is 5.75 Å². The first-order valence-corrected chi connectivity index (χ1v) is 7.53. The number of carbonyl (C=O) groups excluding carboxylic acids is 2. The molecule has 21 heavy (non-hydrogen) atoms. The summed E-state index contributed by atoms with van der Waals surface area (Å²) in [6.07, 6.45) is 4.87. The van der Waals surface area contributed by atoms with Crippen LogP contribution in [-0.4, -0.2) is 17.9 Å². The average molecular weight is 288 g/mol. The minimum atomic E-state index is -0.486. The second-order valence-corrected chi connectivity index (χ2v) is 5.86. The summed E-state index contributed by atoms with van der Waals surface area (Å²) in [5, 5.41) is 5.68. The smallest absolute Gasteiger partial charge is 0.265 e. The first-order valence-electron chi connectivity index (χ1n) is 7.53. The number of carbonyl (C=O) groups is 2. The molecular formula is C16H20N2O3. The number of hydrogen-bond donors (Lipinski definition) is 2. The van der Waals surface area contributed by atoms with E-state index < -0.39 is 6.10 Å². The molecule has 0 saturated heterocycles. The van der Waals surface area contributed by atoms with Crippen molar-refractivity contribution in [3.63, 3.8) is 0 Å². The fourth-order valence-corrected chi connectivity index (χ4v) is 2.98. The lowest BCUT2D eigenvalue weighted by molar-refractivity contribution is -0.122. The van der Waals surface area contributed by atoms with E-state index in [4.69, 9.17) is 4.74 Å². The van der Waals surface area contributed by atoms with Crippen molar-refractivity contribution >= 4 is 23.2 Å². The summed E-state index contributed by atoms with van der Waals surface area (Å²) in [4.78, 5) is 23.6. The van der Waals surface area contributed by atoms with Crippen LogP contribution in [0.4, 0.5) is 11.4 Å². The van der Waals surface area contributed by atoms with Crippen LogP contribution in [0, 0.1) is 5.92 Å². The third-order valence-electron chi connectivity index (χ3n) is 4.14. The third-order valence-corrected chi connectivity index (χ3v) is 4.14. The summed E-state index contributed by atoms with van der Waals surface area (Å²) in [6, 6.07) is 5.32. The number of nitrogens with one attached hydrogen (secondary N) is 2. The first kappa shape index (κ1) is 13.9. The van der Waals surface area contributed by atoms with Crippen LogP contribution in [0.1, 0.15) is 39.0 Å². The van der Waals surface area contributed by atoms with Crippen LogP contribution in [-0.2, 0) is 9.59 Å². The van der Waals surface area contributed by atoms with E-state index in [-0.39, 0.29) is 11.8 Å². The zero-order valence-electron chi connectivity index (χ0n) is 12.1. The fraction of sp³-hybridized carbons (Fsp3) is 0.500. The molecule has 1 aliphatic carbocycles. The summed E-state index contributed by atoms with van der Waals surface area (Å²) in [7, 11) is 0. The van der Waals surface area contributed by atoms with Gasteiger partial charge in [0.2, 0.25) is 5.91 Å². The minimum Gasteiger partial charge on any atom is -0.479 e. The van der Waals surface area contributed by atoms with Crippen molar-refractivity contribution in [2.45, 2.75) is 45.1 Å². The quantitative estimate of drug-likeness (QED) is 0.898. The number of amides is 2. The molecule has 2 N–H and O–H groups in total. The molecule has 1 atom stereocenters. The maximum Gasteiger partial charge on any atom is 0.265 e. The van der Waals surface area contributed by atoms with Crippen LogP contribution < -0.4 is 15.4 Å². The highest BCUT2D eigenvalue weighted by atomic mass is 16.5. The zero-order valence-corrected chi connectivity index (χ0v) is 12.1. The summed E-state index contributed by atoms with van der Waals surface area (Å²) in [5.74, 6) is 1.03. The molecule has 0 radical (unpaired) electrons. The van der Waals surface area contributed by atoms with Crippen LogP contribution in [0.2, 0.25) is 0 Å². The van der Waals surface area contributed by atoms with E-state index in [0.29, 0.717) is 29.5 Å². The Morgan fingerprint density at radius 1 is 1.38 bits per heavy atom. The maximum absolute atomic E-state index is 12.0. The van der Waals surface area contributed by atoms with E-state index in [2.05, 4.69) is 10.6 Å². The summed E-state index contributed by atoms with van der Waals surface area (Å²) < 4.78 is 5.49. The molecule has 1 aliphatic heterocycles. The lowest BCUT2D eigenvalue weighted by Crippen LogP contribution is -2.34. The lowest BCUT2D eigenvalue weighted by atomic mass is 10.0. The van der Waals surface area contributed by atoms with Gasteiger partial charge >= 0.3 is 0 Å². The molecule has 1 heterocycles. The number of hydrogen-bond acceptors (Lipinski definition) is 3. The molecule has 3 rings (SSSR count). The molecule has 1 fully saturated rings. The first-order chi connectivity index (χ1) is 10.1. The number of anilines is 2. The van der Waals surface area contributed by atoms with Crippen molar-refractivity contribution in [3.05, 3.63) is 18.2 Å². The van der Waals surface area contributed by atoms with Gasteiger partial charge in [-0.05, 0) is 43.9 Å². The van der Waals surface area contributed by atoms with Gasteiger partial charge < -0.3 is 15.4 Å². The van der Waals surface area contributed by atoms with Gasteiger partial charge in [0.25, 0.3) is 5.91 Å².